The van der Waals surface area contributed by atoms with Crippen LogP contribution in [0.5, 0.6) is 0 Å². The van der Waals surface area contributed by atoms with E-state index in [-0.39, 0.29) is 31.1 Å². The van der Waals surface area contributed by atoms with Crippen LogP contribution in [0.25, 0.3) is 0 Å². The molecule has 6 heteroatoms. The van der Waals surface area contributed by atoms with Crippen LogP contribution in [0.15, 0.2) is 158 Å². The van der Waals surface area contributed by atoms with Crippen molar-refractivity contribution in [3.8, 4) is 0 Å². The van der Waals surface area contributed by atoms with Crippen molar-refractivity contribution in [2.24, 2.45) is 0 Å². The third-order valence-electron chi connectivity index (χ3n) is 13.5. The van der Waals surface area contributed by atoms with Gasteiger partial charge in [-0.05, 0) is 148 Å². The SMILES string of the molecule is CC/C=C\C/C=C\C/C=C\C/C=C\C/C=C\C/C=C\C/C=C\C/C=C\C/C=C\C/C=C\CCCCCCC(=O)OCC(COC(=O)CCCCCCC/C=C\CCC)OC(=O)CCCCCCCCC/C=C\C/C=C\CCCCCC. The normalized spacial score (nSPS) is 13.2. The second kappa shape index (κ2) is 67.5. The number of carbonyl (C=O) groups is 3. The minimum atomic E-state index is -0.803. The highest BCUT2D eigenvalue weighted by molar-refractivity contribution is 5.71. The maximum Gasteiger partial charge on any atom is 0.306 e. The first-order chi connectivity index (χ1) is 40.0. The van der Waals surface area contributed by atoms with Crippen molar-refractivity contribution < 1.29 is 28.6 Å². The molecule has 0 N–H and O–H groups in total. The molecular weight excluding hydrogens is 997 g/mol. The van der Waals surface area contributed by atoms with Gasteiger partial charge in [0.05, 0.1) is 0 Å². The number of unbranched alkanes of at least 4 members (excludes halogenated alkanes) is 21. The van der Waals surface area contributed by atoms with Crippen molar-refractivity contribution in [3.63, 3.8) is 0 Å². The number of rotatable bonds is 58. The van der Waals surface area contributed by atoms with Crippen LogP contribution in [0.1, 0.15) is 278 Å². The quantitative estimate of drug-likeness (QED) is 0.0261. The van der Waals surface area contributed by atoms with Crippen molar-refractivity contribution in [2.45, 2.75) is 284 Å². The first kappa shape index (κ1) is 76.0. The molecular formula is C75H120O6. The molecule has 0 radical (unpaired) electrons. The first-order valence-corrected chi connectivity index (χ1v) is 33.0. The predicted octanol–water partition coefficient (Wildman–Crippen LogP) is 22.9. The molecule has 6 nitrogen and oxygen atoms in total. The van der Waals surface area contributed by atoms with Gasteiger partial charge in [-0.1, -0.05) is 269 Å². The molecule has 0 saturated carbocycles. The van der Waals surface area contributed by atoms with Crippen molar-refractivity contribution in [2.75, 3.05) is 13.2 Å². The summed E-state index contributed by atoms with van der Waals surface area (Å²) in [7, 11) is 0. The Morgan fingerprint density at radius 1 is 0.259 bits per heavy atom. The summed E-state index contributed by atoms with van der Waals surface area (Å²) >= 11 is 0. The number of hydrogen-bond acceptors (Lipinski definition) is 6. The zero-order valence-corrected chi connectivity index (χ0v) is 52.2. The standard InChI is InChI=1S/C75H120O6/c1-4-7-10-13-16-19-22-24-26-28-30-31-32-33-34-35-36-37-38-39-40-41-42-43-44-45-46-48-49-51-53-56-59-62-65-68-74(77)80-71-72(70-79-73(76)67-64-61-58-55-21-18-15-12-9-6-3)81-75(78)69-66-63-60-57-54-52-50-47-29-27-25-23-20-17-14-11-8-5-2/h7,10,12,15-16,19-20,23-24,26-27,29-31,33-34,36-37,39-40,42-43,45-46,49,51,72H,4-6,8-9,11,13-14,17-18,21-22,25,28,32,35,38,41,44,47-48,50,52-71H2,1-3H3/b10-7-,15-12-,19-16-,23-20-,26-24-,29-27-,31-30-,34-33-,37-36-,40-39-,43-42-,46-45-,51-49-. The first-order valence-electron chi connectivity index (χ1n) is 33.0. The van der Waals surface area contributed by atoms with Gasteiger partial charge in [-0.25, -0.2) is 0 Å². The number of esters is 3. The van der Waals surface area contributed by atoms with E-state index in [0.29, 0.717) is 19.3 Å². The highest BCUT2D eigenvalue weighted by atomic mass is 16.6. The zero-order valence-electron chi connectivity index (χ0n) is 52.2. The van der Waals surface area contributed by atoms with Crippen LogP contribution in [0, 0.1) is 0 Å². The number of allylic oxidation sites excluding steroid dienone is 26. The van der Waals surface area contributed by atoms with Crippen LogP contribution >= 0.6 is 0 Å². The van der Waals surface area contributed by atoms with Gasteiger partial charge >= 0.3 is 17.9 Å². The van der Waals surface area contributed by atoms with Crippen LogP contribution in [0.2, 0.25) is 0 Å². The molecule has 0 bridgehead atoms. The van der Waals surface area contributed by atoms with Crippen LogP contribution in [0.4, 0.5) is 0 Å². The lowest BCUT2D eigenvalue weighted by molar-refractivity contribution is -0.167. The summed E-state index contributed by atoms with van der Waals surface area (Å²) in [5, 5.41) is 0. The highest BCUT2D eigenvalue weighted by Crippen LogP contribution is 2.14. The van der Waals surface area contributed by atoms with E-state index in [1.54, 1.807) is 0 Å². The van der Waals surface area contributed by atoms with E-state index in [0.717, 1.165) is 167 Å². The summed E-state index contributed by atoms with van der Waals surface area (Å²) in [6.07, 6.45) is 98.3. The highest BCUT2D eigenvalue weighted by Gasteiger charge is 2.19. The van der Waals surface area contributed by atoms with Gasteiger partial charge in [0.15, 0.2) is 6.10 Å². The molecule has 81 heavy (non-hydrogen) atoms. The van der Waals surface area contributed by atoms with Crippen molar-refractivity contribution in [1.29, 1.82) is 0 Å². The van der Waals surface area contributed by atoms with E-state index in [4.69, 9.17) is 14.2 Å². The number of ether oxygens (including phenoxy) is 3. The second-order valence-corrected chi connectivity index (χ2v) is 21.3. The van der Waals surface area contributed by atoms with Crippen molar-refractivity contribution in [1.82, 2.24) is 0 Å². The average molecular weight is 1120 g/mol. The molecule has 0 saturated heterocycles. The van der Waals surface area contributed by atoms with Gasteiger partial charge in [-0.15, -0.1) is 0 Å². The van der Waals surface area contributed by atoms with E-state index in [1.165, 1.54) is 70.6 Å². The van der Waals surface area contributed by atoms with E-state index in [1.807, 2.05) is 0 Å². The molecule has 0 aliphatic heterocycles. The maximum absolute atomic E-state index is 12.9. The summed E-state index contributed by atoms with van der Waals surface area (Å²) in [4.78, 5) is 38.2. The van der Waals surface area contributed by atoms with E-state index in [2.05, 4.69) is 179 Å². The molecule has 1 atom stereocenters. The van der Waals surface area contributed by atoms with Gasteiger partial charge < -0.3 is 14.2 Å². The molecule has 0 aromatic heterocycles. The van der Waals surface area contributed by atoms with Gasteiger partial charge in [0.1, 0.15) is 13.2 Å². The smallest absolute Gasteiger partial charge is 0.306 e. The molecule has 0 amide bonds. The summed E-state index contributed by atoms with van der Waals surface area (Å²) in [6.45, 7) is 6.41. The van der Waals surface area contributed by atoms with Gasteiger partial charge in [-0.3, -0.25) is 14.4 Å². The fourth-order valence-corrected chi connectivity index (χ4v) is 8.56. The van der Waals surface area contributed by atoms with Crippen molar-refractivity contribution >= 4 is 17.9 Å². The molecule has 0 rings (SSSR count). The fraction of sp³-hybridized carbons (Fsp3) is 0.613. The van der Waals surface area contributed by atoms with Crippen molar-refractivity contribution in [3.05, 3.63) is 158 Å². The summed E-state index contributed by atoms with van der Waals surface area (Å²) in [5.41, 5.74) is 0. The van der Waals surface area contributed by atoms with Gasteiger partial charge in [0.25, 0.3) is 0 Å². The second-order valence-electron chi connectivity index (χ2n) is 21.3. The average Bonchev–Trinajstić information content (AvgIpc) is 3.47. The Kier molecular flexibility index (Phi) is 63.4. The van der Waals surface area contributed by atoms with E-state index in [9.17, 15) is 14.4 Å². The Bertz CT molecular complexity index is 1810. The monoisotopic (exact) mass is 1120 g/mol. The lowest BCUT2D eigenvalue weighted by Crippen LogP contribution is -2.30. The van der Waals surface area contributed by atoms with Crippen LogP contribution in [-0.2, 0) is 28.6 Å². The topological polar surface area (TPSA) is 78.9 Å². The lowest BCUT2D eigenvalue weighted by atomic mass is 10.1. The predicted molar refractivity (Wildman–Crippen MR) is 352 cm³/mol. The van der Waals surface area contributed by atoms with Gasteiger partial charge in [0, 0.05) is 19.3 Å². The molecule has 0 heterocycles. The largest absolute Gasteiger partial charge is 0.462 e. The minimum absolute atomic E-state index is 0.0988. The summed E-state index contributed by atoms with van der Waals surface area (Å²) in [6, 6.07) is 0. The third kappa shape index (κ3) is 65.7. The molecule has 0 aliphatic rings. The summed E-state index contributed by atoms with van der Waals surface area (Å²) < 4.78 is 16.8. The molecule has 0 aromatic carbocycles. The molecule has 0 spiro atoms. The Morgan fingerprint density at radius 3 is 0.815 bits per heavy atom. The zero-order chi connectivity index (χ0) is 58.5. The molecule has 0 aromatic rings. The molecule has 456 valence electrons. The van der Waals surface area contributed by atoms with Crippen LogP contribution < -0.4 is 0 Å². The Morgan fingerprint density at radius 2 is 0.506 bits per heavy atom. The Hall–Kier alpha value is -4.97. The molecule has 0 aliphatic carbocycles. The molecule has 0 fully saturated rings. The fourth-order valence-electron chi connectivity index (χ4n) is 8.56. The lowest BCUT2D eigenvalue weighted by Gasteiger charge is -2.18. The van der Waals surface area contributed by atoms with Gasteiger partial charge in [0.2, 0.25) is 0 Å². The van der Waals surface area contributed by atoms with Gasteiger partial charge in [-0.2, -0.15) is 0 Å². The summed E-state index contributed by atoms with van der Waals surface area (Å²) in [5.74, 6) is -0.945. The van der Waals surface area contributed by atoms with Crippen LogP contribution in [-0.4, -0.2) is 37.2 Å². The maximum atomic E-state index is 12.9. The van der Waals surface area contributed by atoms with E-state index >= 15 is 0 Å². The minimum Gasteiger partial charge on any atom is -0.462 e. The number of hydrogen-bond donors (Lipinski definition) is 0. The number of carbonyl (C=O) groups excluding carboxylic acids is 3. The Labute approximate surface area is 499 Å². The molecule has 1 unspecified atom stereocenters. The van der Waals surface area contributed by atoms with Crippen LogP contribution in [0.3, 0.4) is 0 Å². The Balaban J connectivity index is 4.30. The van der Waals surface area contributed by atoms with E-state index < -0.39 is 6.10 Å². The third-order valence-corrected chi connectivity index (χ3v) is 13.5.